The van der Waals surface area contributed by atoms with E-state index in [1.165, 1.54) is 7.11 Å². The Morgan fingerprint density at radius 1 is 1.15 bits per heavy atom. The van der Waals surface area contributed by atoms with Crippen LogP contribution in [0.4, 0.5) is 5.69 Å². The lowest BCUT2D eigenvalue weighted by Crippen LogP contribution is -2.33. The van der Waals surface area contributed by atoms with E-state index in [2.05, 4.69) is 10.1 Å². The fourth-order valence-corrected chi connectivity index (χ4v) is 2.56. The number of para-hydroxylation sites is 2. The second-order valence-corrected chi connectivity index (χ2v) is 5.72. The molecule has 0 bridgehead atoms. The number of carbonyl (C=O) groups excluding carboxylic acids is 2. The van der Waals surface area contributed by atoms with Crippen molar-refractivity contribution in [2.24, 2.45) is 0 Å². The van der Waals surface area contributed by atoms with Gasteiger partial charge in [0.05, 0.1) is 33.0 Å². The number of hydrogen-bond donors (Lipinski definition) is 1. The van der Waals surface area contributed by atoms with Crippen molar-refractivity contribution in [3.63, 3.8) is 0 Å². The summed E-state index contributed by atoms with van der Waals surface area (Å²) in [4.78, 5) is 25.8. The normalized spacial score (nSPS) is 10.6. The molecule has 1 N–H and O–H groups in total. The molecule has 7 heteroatoms. The van der Waals surface area contributed by atoms with E-state index in [1.54, 1.807) is 31.4 Å². The largest absolute Gasteiger partial charge is 0.495 e. The monoisotopic (exact) mass is 360 g/mol. The zero-order valence-corrected chi connectivity index (χ0v) is 15.3. The van der Waals surface area contributed by atoms with Gasteiger partial charge in [-0.2, -0.15) is 0 Å². The maximum atomic E-state index is 12.4. The molecule has 0 saturated carbocycles. The van der Waals surface area contributed by atoms with E-state index in [1.807, 2.05) is 24.0 Å². The predicted molar refractivity (Wildman–Crippen MR) is 97.2 cm³/mol. The number of methoxy groups -OCH3 is 2. The number of rotatable bonds is 9. The van der Waals surface area contributed by atoms with Crippen LogP contribution in [0.5, 0.6) is 5.75 Å². The molecule has 0 radical (unpaired) electrons. The fourth-order valence-electron chi connectivity index (χ4n) is 2.56. The number of amides is 1. The molecular weight excluding hydrogens is 336 g/mol. The van der Waals surface area contributed by atoms with E-state index in [9.17, 15) is 9.59 Å². The van der Waals surface area contributed by atoms with E-state index in [0.29, 0.717) is 30.3 Å². The SMILES string of the molecule is CCCN(CC(=O)Nc1ccccc1OC)Cc1ccc(C(=O)OC)o1. The van der Waals surface area contributed by atoms with Gasteiger partial charge in [0.15, 0.2) is 0 Å². The summed E-state index contributed by atoms with van der Waals surface area (Å²) in [6.07, 6.45) is 0.881. The fraction of sp³-hybridized carbons (Fsp3) is 0.368. The minimum atomic E-state index is -0.521. The van der Waals surface area contributed by atoms with Crippen LogP contribution in [0.15, 0.2) is 40.8 Å². The van der Waals surface area contributed by atoms with Crippen LogP contribution >= 0.6 is 0 Å². The van der Waals surface area contributed by atoms with Gasteiger partial charge in [0.2, 0.25) is 11.7 Å². The second kappa shape index (κ2) is 9.62. The highest BCUT2D eigenvalue weighted by molar-refractivity contribution is 5.93. The van der Waals surface area contributed by atoms with Crippen LogP contribution in [0.1, 0.15) is 29.7 Å². The highest BCUT2D eigenvalue weighted by Crippen LogP contribution is 2.23. The van der Waals surface area contributed by atoms with Crippen molar-refractivity contribution in [3.05, 3.63) is 47.9 Å². The number of nitrogens with one attached hydrogen (secondary N) is 1. The van der Waals surface area contributed by atoms with Crippen molar-refractivity contribution >= 4 is 17.6 Å². The number of benzene rings is 1. The molecule has 0 atom stereocenters. The summed E-state index contributed by atoms with van der Waals surface area (Å²) < 4.78 is 15.4. The molecule has 0 unspecified atom stereocenters. The summed E-state index contributed by atoms with van der Waals surface area (Å²) in [5, 5.41) is 2.86. The summed E-state index contributed by atoms with van der Waals surface area (Å²) in [5.74, 6) is 0.688. The molecule has 0 aliphatic heterocycles. The molecule has 1 amide bonds. The molecule has 2 aromatic rings. The minimum Gasteiger partial charge on any atom is -0.495 e. The van der Waals surface area contributed by atoms with Crippen LogP contribution in [0.2, 0.25) is 0 Å². The van der Waals surface area contributed by atoms with Gasteiger partial charge in [-0.05, 0) is 37.2 Å². The van der Waals surface area contributed by atoms with Gasteiger partial charge in [0, 0.05) is 0 Å². The minimum absolute atomic E-state index is 0.150. The summed E-state index contributed by atoms with van der Waals surface area (Å²) >= 11 is 0. The topological polar surface area (TPSA) is 81.0 Å². The quantitative estimate of drug-likeness (QED) is 0.693. The van der Waals surface area contributed by atoms with Gasteiger partial charge < -0.3 is 19.2 Å². The average Bonchev–Trinajstić information content (AvgIpc) is 3.10. The van der Waals surface area contributed by atoms with Crippen molar-refractivity contribution in [2.75, 3.05) is 32.6 Å². The number of hydrogen-bond acceptors (Lipinski definition) is 6. The Balaban J connectivity index is 1.99. The van der Waals surface area contributed by atoms with Crippen molar-refractivity contribution < 1.29 is 23.5 Å². The molecule has 140 valence electrons. The molecule has 0 spiro atoms. The smallest absolute Gasteiger partial charge is 0.373 e. The van der Waals surface area contributed by atoms with Crippen LogP contribution < -0.4 is 10.1 Å². The Kier molecular flexibility index (Phi) is 7.23. The molecule has 0 aliphatic carbocycles. The van der Waals surface area contributed by atoms with E-state index in [4.69, 9.17) is 9.15 Å². The summed E-state index contributed by atoms with van der Waals surface area (Å²) in [5.41, 5.74) is 0.627. The number of carbonyl (C=O) groups is 2. The van der Waals surface area contributed by atoms with Gasteiger partial charge in [0.1, 0.15) is 11.5 Å². The molecule has 7 nitrogen and oxygen atoms in total. The highest BCUT2D eigenvalue weighted by atomic mass is 16.5. The first-order valence-corrected chi connectivity index (χ1v) is 8.39. The third-order valence-corrected chi connectivity index (χ3v) is 3.72. The van der Waals surface area contributed by atoms with E-state index >= 15 is 0 Å². The molecule has 0 fully saturated rings. The first-order valence-electron chi connectivity index (χ1n) is 8.39. The molecule has 1 aromatic heterocycles. The van der Waals surface area contributed by atoms with Gasteiger partial charge in [-0.25, -0.2) is 4.79 Å². The van der Waals surface area contributed by atoms with Crippen molar-refractivity contribution in [1.29, 1.82) is 0 Å². The zero-order chi connectivity index (χ0) is 18.9. The summed E-state index contributed by atoms with van der Waals surface area (Å²) in [7, 11) is 2.86. The third kappa shape index (κ3) is 5.35. The lowest BCUT2D eigenvalue weighted by molar-refractivity contribution is -0.117. The lowest BCUT2D eigenvalue weighted by atomic mass is 10.3. The van der Waals surface area contributed by atoms with E-state index in [-0.39, 0.29) is 18.2 Å². The Morgan fingerprint density at radius 2 is 1.92 bits per heavy atom. The zero-order valence-electron chi connectivity index (χ0n) is 15.3. The standard InChI is InChI=1S/C19H24N2O5/c1-4-11-21(12-14-9-10-17(26-14)19(23)25-3)13-18(22)20-15-7-5-6-8-16(15)24-2/h5-10H,4,11-13H2,1-3H3,(H,20,22). The maximum Gasteiger partial charge on any atom is 0.373 e. The number of nitrogens with zero attached hydrogens (tertiary/aromatic N) is 1. The molecular formula is C19H24N2O5. The Hall–Kier alpha value is -2.80. The van der Waals surface area contributed by atoms with E-state index in [0.717, 1.165) is 6.42 Å². The van der Waals surface area contributed by atoms with Gasteiger partial charge >= 0.3 is 5.97 Å². The Bertz CT molecular complexity index is 741. The summed E-state index contributed by atoms with van der Waals surface area (Å²) in [6.45, 7) is 3.37. The van der Waals surface area contributed by atoms with Gasteiger partial charge in [0.25, 0.3) is 0 Å². The van der Waals surface area contributed by atoms with Crippen molar-refractivity contribution in [3.8, 4) is 5.75 Å². The second-order valence-electron chi connectivity index (χ2n) is 5.72. The lowest BCUT2D eigenvalue weighted by Gasteiger charge is -2.20. The number of anilines is 1. The number of ether oxygens (including phenoxy) is 2. The summed E-state index contributed by atoms with van der Waals surface area (Å²) in [6, 6.07) is 10.5. The highest BCUT2D eigenvalue weighted by Gasteiger charge is 2.16. The first-order chi connectivity index (χ1) is 12.6. The molecule has 0 aliphatic rings. The van der Waals surface area contributed by atoms with Gasteiger partial charge in [-0.15, -0.1) is 0 Å². The molecule has 2 rings (SSSR count). The molecule has 26 heavy (non-hydrogen) atoms. The first kappa shape index (κ1) is 19.5. The Morgan fingerprint density at radius 3 is 2.62 bits per heavy atom. The number of esters is 1. The molecule has 1 aromatic carbocycles. The third-order valence-electron chi connectivity index (χ3n) is 3.72. The predicted octanol–water partition coefficient (Wildman–Crippen LogP) is 2.93. The van der Waals surface area contributed by atoms with Crippen LogP contribution in [0.3, 0.4) is 0 Å². The number of furan rings is 1. The van der Waals surface area contributed by atoms with Crippen molar-refractivity contribution in [2.45, 2.75) is 19.9 Å². The Labute approximate surface area is 152 Å². The van der Waals surface area contributed by atoms with Crippen LogP contribution in [-0.4, -0.2) is 44.1 Å². The molecule has 0 saturated heterocycles. The molecule has 1 heterocycles. The maximum absolute atomic E-state index is 12.4. The van der Waals surface area contributed by atoms with Crippen LogP contribution in [0.25, 0.3) is 0 Å². The van der Waals surface area contributed by atoms with Crippen LogP contribution in [-0.2, 0) is 16.1 Å². The van der Waals surface area contributed by atoms with Gasteiger partial charge in [-0.1, -0.05) is 19.1 Å². The van der Waals surface area contributed by atoms with Crippen LogP contribution in [0, 0.1) is 0 Å². The van der Waals surface area contributed by atoms with E-state index < -0.39 is 5.97 Å². The van der Waals surface area contributed by atoms with Crippen molar-refractivity contribution in [1.82, 2.24) is 4.90 Å². The average molecular weight is 360 g/mol. The van der Waals surface area contributed by atoms with Gasteiger partial charge in [-0.3, -0.25) is 9.69 Å².